The molecule has 0 atom stereocenters. The lowest BCUT2D eigenvalue weighted by molar-refractivity contribution is 0.467. The molecule has 0 aromatic rings. The van der Waals surface area contributed by atoms with Crippen LogP contribution in [0, 0.1) is 11.3 Å². The molecule has 0 N–H and O–H groups in total. The van der Waals surface area contributed by atoms with Gasteiger partial charge in [0.15, 0.2) is 0 Å². The van der Waals surface area contributed by atoms with Gasteiger partial charge in [0.05, 0.1) is 0 Å². The minimum Gasteiger partial charge on any atom is -0.0776 e. The van der Waals surface area contributed by atoms with Gasteiger partial charge in [0, 0.05) is 18.3 Å². The van der Waals surface area contributed by atoms with Crippen LogP contribution in [0.4, 0.5) is 0 Å². The summed E-state index contributed by atoms with van der Waals surface area (Å²) in [6.07, 6.45) is 2.64. The van der Waals surface area contributed by atoms with Crippen LogP contribution in [0.1, 0.15) is 152 Å². The molecule has 0 heterocycles. The molecule has 0 saturated heterocycles. The summed E-state index contributed by atoms with van der Waals surface area (Å²) in [5.74, 6) is 0.937. The van der Waals surface area contributed by atoms with Gasteiger partial charge in [-0.2, -0.15) is 0 Å². The molecule has 1 radical (unpaired) electrons. The van der Waals surface area contributed by atoms with Gasteiger partial charge in [-0.1, -0.05) is 184 Å². The topological polar surface area (TPSA) is 0 Å². The number of unbranched alkanes of at least 4 members (excludes halogenated alkanes) is 1. The summed E-state index contributed by atoms with van der Waals surface area (Å²) in [5, 5.41) is 0. The average Bonchev–Trinajstić information content (AvgIpc) is 2.75. The highest BCUT2D eigenvalue weighted by molar-refractivity contribution is 6.55. The number of hydrogen-bond acceptors (Lipinski definition) is 0. The normalized spacial score (nSPS) is 7.35. The summed E-state index contributed by atoms with van der Waals surface area (Å²) in [6, 6.07) is 2.92. The molecule has 0 spiro atoms. The zero-order chi connectivity index (χ0) is 27.2. The van der Waals surface area contributed by atoms with Crippen molar-refractivity contribution in [1.29, 1.82) is 0 Å². The number of rotatable bonds is 4. The Morgan fingerprint density at radius 1 is 0.645 bits per heavy atom. The minimum absolute atomic E-state index is 0. The SMILES string of the molecule is C.CC.CC.CC.CC.CC.CC.CC(C)C[SiH](C)C.CCCC.C[SiH]CC(C)(C)C. The van der Waals surface area contributed by atoms with E-state index in [-0.39, 0.29) is 16.2 Å². The maximum atomic E-state index is 2.40. The smallest absolute Gasteiger partial charge is 0.0308 e. The van der Waals surface area contributed by atoms with Gasteiger partial charge in [-0.3, -0.25) is 0 Å². The van der Waals surface area contributed by atoms with Crippen molar-refractivity contribution in [3.05, 3.63) is 0 Å². The first-order valence-electron chi connectivity index (χ1n) is 13.9. The second kappa shape index (κ2) is 86.7. The minimum atomic E-state index is -0.228. The Balaban J connectivity index is -0.0000000215. The van der Waals surface area contributed by atoms with Crippen molar-refractivity contribution < 1.29 is 0 Å². The van der Waals surface area contributed by atoms with Gasteiger partial charge in [-0.15, -0.1) is 0 Å². The lowest BCUT2D eigenvalue weighted by atomic mass is 10.0. The maximum absolute atomic E-state index is 2.40. The summed E-state index contributed by atoms with van der Waals surface area (Å²) < 4.78 is 0. The molecule has 0 amide bonds. The van der Waals surface area contributed by atoms with Crippen molar-refractivity contribution in [3.63, 3.8) is 0 Å². The van der Waals surface area contributed by atoms with E-state index in [9.17, 15) is 0 Å². The van der Waals surface area contributed by atoms with Gasteiger partial charge >= 0.3 is 0 Å². The summed E-state index contributed by atoms with van der Waals surface area (Å²) in [4.78, 5) is 0. The van der Waals surface area contributed by atoms with Crippen LogP contribution in [0.25, 0.3) is 0 Å². The predicted octanol–water partition coefficient (Wildman–Crippen LogP) is 12.7. The molecule has 0 aromatic carbocycles. The molecule has 0 aliphatic carbocycles. The van der Waals surface area contributed by atoms with Crippen LogP contribution in [0.5, 0.6) is 0 Å². The highest BCUT2D eigenvalue weighted by Gasteiger charge is 2.06. The van der Waals surface area contributed by atoms with E-state index in [0.717, 1.165) is 5.92 Å². The molecule has 0 rings (SSSR count). The summed E-state index contributed by atoms with van der Waals surface area (Å²) in [6.45, 7) is 47.0. The zero-order valence-electron chi connectivity index (χ0n) is 27.1. The van der Waals surface area contributed by atoms with Crippen LogP contribution in [0.2, 0.25) is 31.7 Å². The van der Waals surface area contributed by atoms with Crippen molar-refractivity contribution in [2.75, 3.05) is 0 Å². The second-order valence-electron chi connectivity index (χ2n) is 7.20. The van der Waals surface area contributed by atoms with E-state index in [2.05, 4.69) is 68.1 Å². The molecule has 0 nitrogen and oxygen atoms in total. The quantitative estimate of drug-likeness (QED) is 0.347. The van der Waals surface area contributed by atoms with E-state index >= 15 is 0 Å². The van der Waals surface area contributed by atoms with Gasteiger partial charge in [-0.05, 0) is 11.3 Å². The predicted molar refractivity (Wildman–Crippen MR) is 171 cm³/mol. The maximum Gasteiger partial charge on any atom is 0.0308 e. The van der Waals surface area contributed by atoms with E-state index in [1.165, 1.54) is 24.9 Å². The van der Waals surface area contributed by atoms with E-state index in [1.54, 1.807) is 0 Å². The molecule has 0 unspecified atom stereocenters. The first kappa shape index (κ1) is 63.4. The Morgan fingerprint density at radius 3 is 0.871 bits per heavy atom. The Kier molecular flexibility index (Phi) is 177. The molecule has 0 aliphatic rings. The van der Waals surface area contributed by atoms with E-state index in [0.29, 0.717) is 14.9 Å². The van der Waals surface area contributed by atoms with Gasteiger partial charge in [0.25, 0.3) is 0 Å². The van der Waals surface area contributed by atoms with E-state index < -0.39 is 0 Å². The molecular weight excluding hydrogens is 404 g/mol. The van der Waals surface area contributed by atoms with Crippen molar-refractivity contribution in [1.82, 2.24) is 0 Å². The van der Waals surface area contributed by atoms with Gasteiger partial charge in [0.2, 0.25) is 0 Å². The summed E-state index contributed by atoms with van der Waals surface area (Å²) in [7, 11) is 0.481. The van der Waals surface area contributed by atoms with Crippen LogP contribution < -0.4 is 0 Å². The fourth-order valence-electron chi connectivity index (χ4n) is 1.56. The highest BCUT2D eigenvalue weighted by Crippen LogP contribution is 2.17. The molecule has 0 aromatic heterocycles. The molecule has 0 bridgehead atoms. The number of hydrogen-bond donors (Lipinski definition) is 0. The standard InChI is InChI=1S/C6H16Si.C6H15Si.C4H10.6C2H6.CH4/c1-6(2)5-7(3)4;1-6(2,3)5-7-4;1-3-4-2;6*1-2;/h6-7H,5H2,1-4H3;7H,5H2,1-4H3;3-4H2,1-2H3;6*1-2H3;1H4. The Hall–Kier alpha value is 0.434. The van der Waals surface area contributed by atoms with Gasteiger partial charge in [0.1, 0.15) is 0 Å². The summed E-state index contributed by atoms with van der Waals surface area (Å²) in [5.41, 5.74) is 0.587. The largest absolute Gasteiger partial charge is 0.0776 e. The van der Waals surface area contributed by atoms with E-state index in [1.807, 2.05) is 83.1 Å². The monoisotopic (exact) mass is 486 g/mol. The molecule has 31 heavy (non-hydrogen) atoms. The Bertz CT molecular complexity index is 128. The van der Waals surface area contributed by atoms with Crippen molar-refractivity contribution in [2.45, 2.75) is 184 Å². The summed E-state index contributed by atoms with van der Waals surface area (Å²) >= 11 is 0. The van der Waals surface area contributed by atoms with Crippen LogP contribution in [0.3, 0.4) is 0 Å². The lowest BCUT2D eigenvalue weighted by Crippen LogP contribution is -2.05. The third kappa shape index (κ3) is 276. The molecule has 2 heteroatoms. The van der Waals surface area contributed by atoms with Crippen molar-refractivity contribution >= 4 is 18.3 Å². The Labute approximate surface area is 213 Å². The first-order chi connectivity index (χ1) is 14.1. The molecule has 0 saturated carbocycles. The van der Waals surface area contributed by atoms with E-state index in [4.69, 9.17) is 0 Å². The van der Waals surface area contributed by atoms with Crippen LogP contribution >= 0.6 is 0 Å². The highest BCUT2D eigenvalue weighted by atomic mass is 28.3. The molecular formula is C29H81Si2. The lowest BCUT2D eigenvalue weighted by Gasteiger charge is -2.15. The van der Waals surface area contributed by atoms with Crippen LogP contribution in [-0.4, -0.2) is 18.3 Å². The van der Waals surface area contributed by atoms with Crippen molar-refractivity contribution in [3.8, 4) is 0 Å². The fourth-order valence-corrected chi connectivity index (χ4v) is 4.67. The second-order valence-corrected chi connectivity index (χ2v) is 11.7. The average molecular weight is 486 g/mol. The van der Waals surface area contributed by atoms with Gasteiger partial charge < -0.3 is 0 Å². The fraction of sp³-hybridized carbons (Fsp3) is 1.00. The third-order valence-corrected chi connectivity index (χ3v) is 5.78. The van der Waals surface area contributed by atoms with Crippen LogP contribution in [-0.2, 0) is 0 Å². The molecule has 205 valence electrons. The first-order valence-corrected chi connectivity index (χ1v) is 19.0. The molecule has 0 aliphatic heterocycles. The van der Waals surface area contributed by atoms with Crippen molar-refractivity contribution in [2.24, 2.45) is 11.3 Å². The van der Waals surface area contributed by atoms with Gasteiger partial charge in [-0.25, -0.2) is 0 Å². The third-order valence-electron chi connectivity index (χ3n) is 2.26. The van der Waals surface area contributed by atoms with Crippen LogP contribution in [0.15, 0.2) is 0 Å². The zero-order valence-corrected chi connectivity index (χ0v) is 29.4. The molecule has 0 fully saturated rings. The Morgan fingerprint density at radius 2 is 0.871 bits per heavy atom.